The van der Waals surface area contributed by atoms with Gasteiger partial charge in [0.15, 0.2) is 5.40 Å². The van der Waals surface area contributed by atoms with E-state index >= 15 is 0 Å². The smallest absolute Gasteiger partial charge is 0.311 e. The molecule has 9 heteroatoms. The summed E-state index contributed by atoms with van der Waals surface area (Å²) in [5.41, 5.74) is 0.551. The molecule has 1 aromatic rings. The van der Waals surface area contributed by atoms with Gasteiger partial charge >= 0.3 is 15.2 Å². The Labute approximate surface area is 157 Å². The van der Waals surface area contributed by atoms with Gasteiger partial charge in [-0.05, 0) is 61.9 Å². The Kier molecular flexibility index (Phi) is 8.60. The second-order valence-corrected chi connectivity index (χ2v) is 11.6. The molecule has 0 heterocycles. The van der Waals surface area contributed by atoms with Gasteiger partial charge in [0.1, 0.15) is 0 Å². The van der Waals surface area contributed by atoms with Gasteiger partial charge in [-0.15, -0.1) is 0 Å². The largest absolute Gasteiger partial charge is 0.350 e. The molecule has 0 spiro atoms. The SMILES string of the molecule is COP(=O)(OC)C(c1ccccc1I)P(=O)(OC(C)C)OC(C)C. The summed E-state index contributed by atoms with van der Waals surface area (Å²) >= 11 is 2.09. The molecule has 0 fully saturated rings. The fraction of sp³-hybridized carbons (Fsp3) is 0.600. The number of hydrogen-bond donors (Lipinski definition) is 0. The van der Waals surface area contributed by atoms with Crippen LogP contribution in [0, 0.1) is 3.57 Å². The maximum atomic E-state index is 13.7. The summed E-state index contributed by atoms with van der Waals surface area (Å²) in [6, 6.07) is 7.17. The molecule has 6 nitrogen and oxygen atoms in total. The predicted molar refractivity (Wildman–Crippen MR) is 104 cm³/mol. The van der Waals surface area contributed by atoms with Crippen molar-refractivity contribution >= 4 is 37.8 Å². The van der Waals surface area contributed by atoms with E-state index in [2.05, 4.69) is 22.6 Å². The van der Waals surface area contributed by atoms with Crippen LogP contribution < -0.4 is 0 Å². The highest BCUT2D eigenvalue weighted by Crippen LogP contribution is 2.79. The van der Waals surface area contributed by atoms with E-state index in [-0.39, 0.29) is 12.2 Å². The van der Waals surface area contributed by atoms with Crippen LogP contribution in [0.4, 0.5) is 0 Å². The highest BCUT2D eigenvalue weighted by Gasteiger charge is 2.52. The summed E-state index contributed by atoms with van der Waals surface area (Å²) in [6.07, 6.45) is -0.777. The van der Waals surface area contributed by atoms with E-state index in [0.29, 0.717) is 5.56 Å². The summed E-state index contributed by atoms with van der Waals surface area (Å²) < 4.78 is 49.3. The second-order valence-electron chi connectivity index (χ2n) is 5.65. The van der Waals surface area contributed by atoms with Crippen molar-refractivity contribution in [3.63, 3.8) is 0 Å². The van der Waals surface area contributed by atoms with Crippen LogP contribution in [0.25, 0.3) is 0 Å². The van der Waals surface area contributed by atoms with E-state index < -0.39 is 20.6 Å². The van der Waals surface area contributed by atoms with Crippen LogP contribution in [-0.4, -0.2) is 26.4 Å². The van der Waals surface area contributed by atoms with Crippen LogP contribution in [0.5, 0.6) is 0 Å². The molecule has 138 valence electrons. The zero-order chi connectivity index (χ0) is 18.5. The van der Waals surface area contributed by atoms with Gasteiger partial charge in [-0.2, -0.15) is 0 Å². The van der Waals surface area contributed by atoms with Crippen molar-refractivity contribution in [1.29, 1.82) is 0 Å². The molecule has 0 aliphatic carbocycles. The maximum Gasteiger partial charge on any atom is 0.350 e. The fourth-order valence-corrected chi connectivity index (χ4v) is 8.81. The standard InChI is InChI=1S/C15H25IO6P2/c1-11(2)21-24(18,22-12(3)4)15(23(17,19-5)20-6)13-9-7-8-10-14(13)16/h7-12,15H,1-6H3. The first-order valence-electron chi connectivity index (χ1n) is 7.51. The van der Waals surface area contributed by atoms with Gasteiger partial charge in [-0.1, -0.05) is 18.2 Å². The minimum Gasteiger partial charge on any atom is -0.311 e. The van der Waals surface area contributed by atoms with Crippen LogP contribution in [0.1, 0.15) is 38.7 Å². The average Bonchev–Trinajstić information content (AvgIpc) is 2.47. The van der Waals surface area contributed by atoms with E-state index in [0.717, 1.165) is 3.57 Å². The van der Waals surface area contributed by atoms with E-state index in [1.165, 1.54) is 14.2 Å². The van der Waals surface area contributed by atoms with Crippen LogP contribution >= 0.6 is 37.8 Å². The lowest BCUT2D eigenvalue weighted by molar-refractivity contribution is 0.138. The molecule has 1 aromatic carbocycles. The lowest BCUT2D eigenvalue weighted by Crippen LogP contribution is -2.16. The number of halogens is 1. The Bertz CT molecular complexity index is 612. The van der Waals surface area contributed by atoms with Crippen molar-refractivity contribution in [1.82, 2.24) is 0 Å². The quantitative estimate of drug-likeness (QED) is 0.321. The summed E-state index contributed by atoms with van der Waals surface area (Å²) in [5, 5.41) is -1.17. The number of hydrogen-bond acceptors (Lipinski definition) is 6. The third kappa shape index (κ3) is 5.37. The first-order valence-corrected chi connectivity index (χ1v) is 11.8. The molecule has 0 bridgehead atoms. The zero-order valence-corrected chi connectivity index (χ0v) is 18.7. The molecule has 0 aromatic heterocycles. The fourth-order valence-electron chi connectivity index (χ4n) is 2.20. The molecule has 1 atom stereocenters. The van der Waals surface area contributed by atoms with Crippen molar-refractivity contribution in [3.8, 4) is 0 Å². The Morgan fingerprint density at radius 1 is 0.875 bits per heavy atom. The van der Waals surface area contributed by atoms with E-state index in [1.807, 2.05) is 12.1 Å². The van der Waals surface area contributed by atoms with Gasteiger partial charge in [-0.25, -0.2) is 0 Å². The molecule has 0 radical (unpaired) electrons. The maximum absolute atomic E-state index is 13.7. The molecule has 0 amide bonds. The van der Waals surface area contributed by atoms with Crippen LogP contribution in [0.15, 0.2) is 24.3 Å². The van der Waals surface area contributed by atoms with E-state index in [4.69, 9.17) is 18.1 Å². The Morgan fingerprint density at radius 2 is 1.33 bits per heavy atom. The van der Waals surface area contributed by atoms with Crippen molar-refractivity contribution < 1.29 is 27.2 Å². The lowest BCUT2D eigenvalue weighted by atomic mass is 10.2. The van der Waals surface area contributed by atoms with Gasteiger partial charge in [0.05, 0.1) is 12.2 Å². The van der Waals surface area contributed by atoms with Gasteiger partial charge in [0, 0.05) is 17.8 Å². The van der Waals surface area contributed by atoms with Crippen molar-refractivity contribution in [3.05, 3.63) is 33.4 Å². The van der Waals surface area contributed by atoms with Gasteiger partial charge in [0.2, 0.25) is 0 Å². The molecule has 0 aliphatic rings. The second kappa shape index (κ2) is 9.26. The monoisotopic (exact) mass is 490 g/mol. The number of rotatable bonds is 9. The normalized spacial score (nSPS) is 14.4. The molecular formula is C15H25IO6P2. The van der Waals surface area contributed by atoms with E-state index in [9.17, 15) is 9.13 Å². The molecule has 0 aliphatic heterocycles. The third-order valence-corrected chi connectivity index (χ3v) is 9.89. The summed E-state index contributed by atoms with van der Waals surface area (Å²) in [6.45, 7) is 6.98. The number of benzene rings is 1. The molecular weight excluding hydrogens is 465 g/mol. The Morgan fingerprint density at radius 3 is 1.71 bits per heavy atom. The molecule has 24 heavy (non-hydrogen) atoms. The lowest BCUT2D eigenvalue weighted by Gasteiger charge is -2.33. The Hall–Kier alpha value is 0.250. The molecule has 0 saturated carbocycles. The zero-order valence-electron chi connectivity index (χ0n) is 14.8. The predicted octanol–water partition coefficient (Wildman–Crippen LogP) is 5.82. The molecule has 0 N–H and O–H groups in total. The Balaban J connectivity index is 3.63. The minimum atomic E-state index is -3.86. The topological polar surface area (TPSA) is 71.1 Å². The molecule has 0 saturated heterocycles. The van der Waals surface area contributed by atoms with Crippen molar-refractivity contribution in [2.45, 2.75) is 45.3 Å². The minimum absolute atomic E-state index is 0.388. The summed E-state index contributed by atoms with van der Waals surface area (Å²) in [5.74, 6) is 0. The van der Waals surface area contributed by atoms with Gasteiger partial charge in [0.25, 0.3) is 0 Å². The van der Waals surface area contributed by atoms with E-state index in [1.54, 1.807) is 39.8 Å². The van der Waals surface area contributed by atoms with Crippen LogP contribution in [-0.2, 0) is 27.2 Å². The van der Waals surface area contributed by atoms with Gasteiger partial charge in [-0.3, -0.25) is 9.13 Å². The van der Waals surface area contributed by atoms with Crippen molar-refractivity contribution in [2.24, 2.45) is 0 Å². The summed E-state index contributed by atoms with van der Waals surface area (Å²) in [7, 11) is -5.12. The third-order valence-electron chi connectivity index (χ3n) is 3.01. The first-order chi connectivity index (χ1) is 11.1. The van der Waals surface area contributed by atoms with Crippen molar-refractivity contribution in [2.75, 3.05) is 14.2 Å². The van der Waals surface area contributed by atoms with Crippen LogP contribution in [0.3, 0.4) is 0 Å². The van der Waals surface area contributed by atoms with Gasteiger partial charge < -0.3 is 18.1 Å². The summed E-state index contributed by atoms with van der Waals surface area (Å²) in [4.78, 5) is 0. The highest BCUT2D eigenvalue weighted by molar-refractivity contribution is 14.1. The molecule has 1 unspecified atom stereocenters. The van der Waals surface area contributed by atoms with Crippen LogP contribution in [0.2, 0.25) is 0 Å². The average molecular weight is 490 g/mol. The molecule has 1 rings (SSSR count). The highest BCUT2D eigenvalue weighted by atomic mass is 127. The first kappa shape index (κ1) is 22.3.